The van der Waals surface area contributed by atoms with Crippen LogP contribution < -0.4 is 11.2 Å². The lowest BCUT2D eigenvalue weighted by atomic mass is 9.85. The molecule has 2 heterocycles. The van der Waals surface area contributed by atoms with Crippen molar-refractivity contribution in [1.29, 1.82) is 0 Å². The van der Waals surface area contributed by atoms with Crippen LogP contribution in [0.4, 0.5) is 0 Å². The Labute approximate surface area is 101 Å². The number of aromatic nitrogens is 2. The van der Waals surface area contributed by atoms with Gasteiger partial charge in [0.05, 0.1) is 23.0 Å². The molecule has 6 heteroatoms. The first-order chi connectivity index (χ1) is 7.74. The largest absolute Gasteiger partial charge is 0.514 e. The molecule has 0 spiro atoms. The minimum Gasteiger partial charge on any atom is -0.398 e. The van der Waals surface area contributed by atoms with Crippen LogP contribution >= 0.6 is 0 Å². The van der Waals surface area contributed by atoms with Crippen molar-refractivity contribution >= 4 is 12.7 Å². The summed E-state index contributed by atoms with van der Waals surface area (Å²) in [7, 11) is 1.14. The summed E-state index contributed by atoms with van der Waals surface area (Å²) in [5.74, 6) is 0. The zero-order chi connectivity index (χ0) is 12.8. The zero-order valence-corrected chi connectivity index (χ0v) is 10.9. The van der Waals surface area contributed by atoms with Crippen LogP contribution in [-0.4, -0.2) is 27.9 Å². The Kier molecular flexibility index (Phi) is 2.67. The highest BCUT2D eigenvalue weighted by Crippen LogP contribution is 2.36. The summed E-state index contributed by atoms with van der Waals surface area (Å²) in [5, 5.41) is 0. The molecule has 0 aliphatic carbocycles. The van der Waals surface area contributed by atoms with Gasteiger partial charge in [0.25, 0.3) is 5.56 Å². The highest BCUT2D eigenvalue weighted by Gasteiger charge is 2.52. The molecule has 1 aliphatic heterocycles. The lowest BCUT2D eigenvalue weighted by Crippen LogP contribution is -2.44. The molecular weight excluding hydrogens is 219 g/mol. The molecule has 0 amide bonds. The van der Waals surface area contributed by atoms with Crippen LogP contribution in [0.1, 0.15) is 27.7 Å². The summed E-state index contributed by atoms with van der Waals surface area (Å²) in [4.78, 5) is 15.4. The van der Waals surface area contributed by atoms with Crippen LogP contribution in [0.5, 0.6) is 0 Å². The third-order valence-electron chi connectivity index (χ3n) is 3.60. The van der Waals surface area contributed by atoms with E-state index in [-0.39, 0.29) is 5.56 Å². The molecule has 1 aromatic heterocycles. The Morgan fingerprint density at radius 3 is 2.24 bits per heavy atom. The van der Waals surface area contributed by atoms with E-state index < -0.39 is 18.3 Å². The lowest BCUT2D eigenvalue weighted by Gasteiger charge is -2.32. The summed E-state index contributed by atoms with van der Waals surface area (Å²) in [6, 6.07) is 0. The number of rotatable bonds is 1. The van der Waals surface area contributed by atoms with E-state index in [9.17, 15) is 4.79 Å². The predicted molar refractivity (Wildman–Crippen MR) is 65.2 cm³/mol. The van der Waals surface area contributed by atoms with Crippen molar-refractivity contribution in [2.45, 2.75) is 38.9 Å². The fraction of sp³-hybridized carbons (Fsp3) is 0.636. The van der Waals surface area contributed by atoms with Gasteiger partial charge >= 0.3 is 7.12 Å². The Morgan fingerprint density at radius 2 is 1.71 bits per heavy atom. The first kappa shape index (κ1) is 12.3. The van der Waals surface area contributed by atoms with Gasteiger partial charge in [-0.05, 0) is 27.7 Å². The SMILES string of the molecule is Cn1c(B2OC(C)(C)C(C)(C)O2)cncc1=O. The topological polar surface area (TPSA) is 53.4 Å². The third kappa shape index (κ3) is 1.91. The van der Waals surface area contributed by atoms with Gasteiger partial charge in [0.1, 0.15) is 0 Å². The van der Waals surface area contributed by atoms with Crippen molar-refractivity contribution in [2.75, 3.05) is 0 Å². The van der Waals surface area contributed by atoms with Crippen molar-refractivity contribution in [3.63, 3.8) is 0 Å². The van der Waals surface area contributed by atoms with Crippen molar-refractivity contribution in [3.8, 4) is 0 Å². The maximum absolute atomic E-state index is 11.5. The predicted octanol–water partition coefficient (Wildman–Crippen LogP) is 0.0795. The summed E-state index contributed by atoms with van der Waals surface area (Å²) >= 11 is 0. The molecule has 2 rings (SSSR count). The second-order valence-electron chi connectivity index (χ2n) is 5.32. The third-order valence-corrected chi connectivity index (χ3v) is 3.60. The van der Waals surface area contributed by atoms with E-state index in [4.69, 9.17) is 9.31 Å². The van der Waals surface area contributed by atoms with Crippen molar-refractivity contribution < 1.29 is 9.31 Å². The maximum Gasteiger partial charge on any atom is 0.514 e. The van der Waals surface area contributed by atoms with Crippen molar-refractivity contribution in [3.05, 3.63) is 22.7 Å². The highest BCUT2D eigenvalue weighted by molar-refractivity contribution is 6.61. The molecule has 0 unspecified atom stereocenters. The van der Waals surface area contributed by atoms with Gasteiger partial charge < -0.3 is 13.9 Å². The maximum atomic E-state index is 11.5. The molecule has 92 valence electrons. The van der Waals surface area contributed by atoms with Crippen LogP contribution in [0, 0.1) is 0 Å². The molecule has 1 saturated heterocycles. The monoisotopic (exact) mass is 236 g/mol. The lowest BCUT2D eigenvalue weighted by molar-refractivity contribution is 0.00578. The Morgan fingerprint density at radius 1 is 1.18 bits per heavy atom. The number of hydrogen-bond donors (Lipinski definition) is 0. The second kappa shape index (κ2) is 3.68. The number of hydrogen-bond acceptors (Lipinski definition) is 4. The van der Waals surface area contributed by atoms with E-state index in [1.54, 1.807) is 13.2 Å². The highest BCUT2D eigenvalue weighted by atomic mass is 16.7. The van der Waals surface area contributed by atoms with E-state index >= 15 is 0 Å². The van der Waals surface area contributed by atoms with E-state index in [0.717, 1.165) is 0 Å². The normalized spacial score (nSPS) is 21.8. The van der Waals surface area contributed by atoms with Gasteiger partial charge in [-0.3, -0.25) is 9.78 Å². The molecule has 0 atom stereocenters. The molecule has 5 nitrogen and oxygen atoms in total. The van der Waals surface area contributed by atoms with Crippen molar-refractivity contribution in [1.82, 2.24) is 9.55 Å². The average Bonchev–Trinajstić information content (AvgIpc) is 2.40. The molecule has 0 bridgehead atoms. The van der Waals surface area contributed by atoms with Gasteiger partial charge in [-0.25, -0.2) is 0 Å². The van der Waals surface area contributed by atoms with Crippen LogP contribution in [-0.2, 0) is 16.4 Å². The quantitative estimate of drug-likeness (QED) is 0.648. The smallest absolute Gasteiger partial charge is 0.398 e. The van der Waals surface area contributed by atoms with Gasteiger partial charge in [0.2, 0.25) is 0 Å². The fourth-order valence-corrected chi connectivity index (χ4v) is 1.66. The first-order valence-electron chi connectivity index (χ1n) is 5.61. The zero-order valence-electron chi connectivity index (χ0n) is 10.9. The molecule has 0 aromatic carbocycles. The second-order valence-corrected chi connectivity index (χ2v) is 5.32. The van der Waals surface area contributed by atoms with Gasteiger partial charge in [-0.15, -0.1) is 0 Å². The van der Waals surface area contributed by atoms with Gasteiger partial charge in [0, 0.05) is 13.2 Å². The van der Waals surface area contributed by atoms with Crippen LogP contribution in [0.15, 0.2) is 17.2 Å². The van der Waals surface area contributed by atoms with Crippen LogP contribution in [0.2, 0.25) is 0 Å². The Bertz CT molecular complexity index is 480. The molecule has 17 heavy (non-hydrogen) atoms. The minimum absolute atomic E-state index is 0.169. The van der Waals surface area contributed by atoms with Gasteiger partial charge in [-0.2, -0.15) is 0 Å². The molecule has 1 aliphatic rings. The van der Waals surface area contributed by atoms with Crippen molar-refractivity contribution in [2.24, 2.45) is 7.05 Å². The van der Waals surface area contributed by atoms with E-state index in [1.807, 2.05) is 27.7 Å². The minimum atomic E-state index is -0.550. The van der Waals surface area contributed by atoms with E-state index in [1.165, 1.54) is 10.8 Å². The summed E-state index contributed by atoms with van der Waals surface area (Å²) in [6.07, 6.45) is 2.87. The van der Waals surface area contributed by atoms with Gasteiger partial charge in [0.15, 0.2) is 0 Å². The van der Waals surface area contributed by atoms with E-state index in [2.05, 4.69) is 4.98 Å². The molecule has 1 aromatic rings. The van der Waals surface area contributed by atoms with Crippen LogP contribution in [0.25, 0.3) is 0 Å². The molecular formula is C11H17BN2O3. The average molecular weight is 236 g/mol. The molecule has 0 saturated carbocycles. The standard InChI is InChI=1S/C11H17BN2O3/c1-10(2)11(3,4)17-12(16-10)8-6-13-7-9(15)14(8)5/h6-7H,1-5H3. The van der Waals surface area contributed by atoms with E-state index in [0.29, 0.717) is 5.59 Å². The van der Waals surface area contributed by atoms with Gasteiger partial charge in [-0.1, -0.05) is 0 Å². The van der Waals surface area contributed by atoms with Crippen LogP contribution in [0.3, 0.4) is 0 Å². The molecule has 0 radical (unpaired) electrons. The summed E-state index contributed by atoms with van der Waals surface area (Å²) < 4.78 is 13.2. The first-order valence-corrected chi connectivity index (χ1v) is 5.61. The Hall–Kier alpha value is -1.14. The summed E-state index contributed by atoms with van der Waals surface area (Å²) in [6.45, 7) is 7.89. The summed E-state index contributed by atoms with van der Waals surface area (Å²) in [5.41, 5.74) is -0.360. The molecule has 0 N–H and O–H groups in total. The Balaban J connectivity index is 2.39. The molecule has 1 fully saturated rings. The number of nitrogens with zero attached hydrogens (tertiary/aromatic N) is 2. The fourth-order valence-electron chi connectivity index (χ4n) is 1.66.